The van der Waals surface area contributed by atoms with E-state index in [0.717, 1.165) is 12.1 Å². The molecule has 1 saturated heterocycles. The Balaban J connectivity index is 1.95. The number of nitrogens with one attached hydrogen (secondary N) is 1. The molecular weight excluding hydrogens is 469 g/mol. The quantitative estimate of drug-likeness (QED) is 0.471. The van der Waals surface area contributed by atoms with E-state index >= 15 is 4.39 Å². The number of methoxy groups -OCH3 is 1. The largest absolute Gasteiger partial charge is 0.375 e. The van der Waals surface area contributed by atoms with Crippen LogP contribution in [0.25, 0.3) is 0 Å². The average molecular weight is 493 g/mol. The van der Waals surface area contributed by atoms with Crippen LogP contribution in [0.4, 0.5) is 24.7 Å². The summed E-state index contributed by atoms with van der Waals surface area (Å²) in [5, 5.41) is -0.535. The van der Waals surface area contributed by atoms with E-state index in [1.165, 1.54) is 13.0 Å². The molecule has 12 heteroatoms. The molecule has 1 atom stereocenters. The molecule has 1 aliphatic rings. The van der Waals surface area contributed by atoms with Gasteiger partial charge in [0.25, 0.3) is 10.0 Å². The summed E-state index contributed by atoms with van der Waals surface area (Å²) in [6.07, 6.45) is 0.591. The van der Waals surface area contributed by atoms with Crippen molar-refractivity contribution in [2.45, 2.75) is 23.8 Å². The van der Waals surface area contributed by atoms with Crippen molar-refractivity contribution in [2.24, 2.45) is 0 Å². The van der Waals surface area contributed by atoms with Gasteiger partial charge in [-0.3, -0.25) is 4.72 Å². The van der Waals surface area contributed by atoms with Crippen LogP contribution < -0.4 is 9.62 Å². The molecule has 0 bridgehead atoms. The van der Waals surface area contributed by atoms with E-state index in [2.05, 4.69) is 4.98 Å². The molecule has 0 saturated carbocycles. The summed E-state index contributed by atoms with van der Waals surface area (Å²) in [5.41, 5.74) is -0.163. The first-order valence-corrected chi connectivity index (χ1v) is 11.5. The highest BCUT2D eigenvalue weighted by atomic mass is 35.5. The summed E-state index contributed by atoms with van der Waals surface area (Å²) in [4.78, 5) is 5.73. The molecule has 176 valence electrons. The molecule has 7 nitrogen and oxygen atoms in total. The zero-order chi connectivity index (χ0) is 23.8. The second-order valence-corrected chi connectivity index (χ2v) is 10.1. The number of anilines is 2. The number of aromatic nitrogens is 1. The lowest BCUT2D eigenvalue weighted by Crippen LogP contribution is -2.44. The Kier molecular flexibility index (Phi) is 6.94. The fourth-order valence-corrected chi connectivity index (χ4v) is 5.36. The first-order chi connectivity index (χ1) is 14.9. The van der Waals surface area contributed by atoms with E-state index in [-0.39, 0.29) is 5.69 Å². The molecule has 2 aromatic rings. The number of halogens is 4. The van der Waals surface area contributed by atoms with Crippen molar-refractivity contribution in [1.29, 1.82) is 0 Å². The van der Waals surface area contributed by atoms with Gasteiger partial charge in [-0.2, -0.15) is 4.39 Å². The monoisotopic (exact) mass is 492 g/mol. The molecular formula is C20H24ClF3N4O3S. The third-order valence-corrected chi connectivity index (χ3v) is 6.99. The number of pyridine rings is 1. The Hall–Kier alpha value is -2.08. The maximum Gasteiger partial charge on any atom is 0.268 e. The van der Waals surface area contributed by atoms with E-state index < -0.39 is 48.9 Å². The fourth-order valence-electron chi connectivity index (χ4n) is 3.89. The van der Waals surface area contributed by atoms with Crippen molar-refractivity contribution < 1.29 is 26.3 Å². The van der Waals surface area contributed by atoms with Crippen molar-refractivity contribution in [3.63, 3.8) is 0 Å². The molecule has 1 aromatic carbocycles. The van der Waals surface area contributed by atoms with E-state index in [1.54, 1.807) is 12.0 Å². The normalized spacial score (nSPS) is 19.1. The second-order valence-electron chi connectivity index (χ2n) is 8.09. The van der Waals surface area contributed by atoms with Crippen molar-refractivity contribution in [3.05, 3.63) is 46.4 Å². The van der Waals surface area contributed by atoms with Crippen LogP contribution in [0.15, 0.2) is 23.1 Å². The molecule has 0 radical (unpaired) electrons. The summed E-state index contributed by atoms with van der Waals surface area (Å²) in [7, 11) is 0.563. The maximum atomic E-state index is 15.1. The van der Waals surface area contributed by atoms with Crippen LogP contribution in [-0.2, 0) is 14.8 Å². The Morgan fingerprint density at radius 2 is 1.97 bits per heavy atom. The van der Waals surface area contributed by atoms with E-state index in [1.807, 2.05) is 23.7 Å². The molecule has 0 unspecified atom stereocenters. The zero-order valence-corrected chi connectivity index (χ0v) is 19.6. The predicted molar refractivity (Wildman–Crippen MR) is 116 cm³/mol. The lowest BCUT2D eigenvalue weighted by molar-refractivity contribution is -0.0100. The van der Waals surface area contributed by atoms with Crippen molar-refractivity contribution >= 4 is 33.1 Å². The number of sulfonamides is 1. The smallest absolute Gasteiger partial charge is 0.268 e. The lowest BCUT2D eigenvalue weighted by atomic mass is 10.0. The number of rotatable bonds is 7. The topological polar surface area (TPSA) is 74.8 Å². The number of hydrogen-bond acceptors (Lipinski definition) is 6. The van der Waals surface area contributed by atoms with Crippen LogP contribution >= 0.6 is 11.6 Å². The second kappa shape index (κ2) is 9.05. The van der Waals surface area contributed by atoms with Gasteiger partial charge in [0, 0.05) is 32.8 Å². The standard InChI is InChI=1S/C20H24ClF3N4O3S/c1-12-7-15(23)25-16(8-12)26-32(29,30)19-13(22)9-14(17(21)18(19)24)28-6-5-20(11-28,31-4)10-27(2)3/h7-9H,5-6,10-11H2,1-4H3,(H,25,26)/t20-/m0/s1. The third kappa shape index (κ3) is 4.95. The number of hydrogen-bond donors (Lipinski definition) is 1. The van der Waals surface area contributed by atoms with Gasteiger partial charge in [0.05, 0.1) is 11.3 Å². The fraction of sp³-hybridized carbons (Fsp3) is 0.450. The van der Waals surface area contributed by atoms with Crippen LogP contribution in [0.5, 0.6) is 0 Å². The molecule has 3 rings (SSSR count). The first kappa shape index (κ1) is 24.6. The minimum Gasteiger partial charge on any atom is -0.375 e. The molecule has 0 spiro atoms. The first-order valence-electron chi connectivity index (χ1n) is 9.67. The number of ether oxygens (including phenoxy) is 1. The molecule has 1 aliphatic heterocycles. The van der Waals surface area contributed by atoms with Gasteiger partial charge < -0.3 is 14.5 Å². The molecule has 1 N–H and O–H groups in total. The van der Waals surface area contributed by atoms with E-state index in [4.69, 9.17) is 16.3 Å². The highest BCUT2D eigenvalue weighted by Crippen LogP contribution is 2.39. The molecule has 0 amide bonds. The van der Waals surface area contributed by atoms with Crippen LogP contribution in [0, 0.1) is 24.5 Å². The summed E-state index contributed by atoms with van der Waals surface area (Å²) in [5.74, 6) is -4.12. The molecule has 0 aliphatic carbocycles. The van der Waals surface area contributed by atoms with Crippen molar-refractivity contribution in [3.8, 4) is 0 Å². The third-order valence-electron chi connectivity index (χ3n) is 5.24. The Bertz CT molecular complexity index is 1110. The lowest BCUT2D eigenvalue weighted by Gasteiger charge is -2.31. The van der Waals surface area contributed by atoms with Crippen LogP contribution in [0.3, 0.4) is 0 Å². The summed E-state index contributed by atoms with van der Waals surface area (Å²) in [6, 6.07) is 3.19. The highest BCUT2D eigenvalue weighted by molar-refractivity contribution is 7.92. The van der Waals surface area contributed by atoms with Gasteiger partial charge in [-0.05, 0) is 45.1 Å². The maximum absolute atomic E-state index is 15.1. The predicted octanol–water partition coefficient (Wildman–Crippen LogP) is 3.42. The molecule has 1 fully saturated rings. The van der Waals surface area contributed by atoms with E-state index in [9.17, 15) is 17.2 Å². The number of benzene rings is 1. The zero-order valence-electron chi connectivity index (χ0n) is 18.0. The summed E-state index contributed by atoms with van der Waals surface area (Å²) >= 11 is 6.15. The van der Waals surface area contributed by atoms with E-state index in [0.29, 0.717) is 31.6 Å². The van der Waals surface area contributed by atoms with Gasteiger partial charge in [0.15, 0.2) is 10.7 Å². The Labute approximate surface area is 190 Å². The van der Waals surface area contributed by atoms with Gasteiger partial charge in [-0.15, -0.1) is 0 Å². The number of aryl methyl sites for hydroxylation is 1. The van der Waals surface area contributed by atoms with Crippen LogP contribution in [0.2, 0.25) is 5.02 Å². The minimum atomic E-state index is -4.78. The molecule has 2 heterocycles. The number of nitrogens with zero attached hydrogens (tertiary/aromatic N) is 3. The summed E-state index contributed by atoms with van der Waals surface area (Å²) in [6.45, 7) is 2.83. The highest BCUT2D eigenvalue weighted by Gasteiger charge is 2.40. The summed E-state index contributed by atoms with van der Waals surface area (Å²) < 4.78 is 76.4. The van der Waals surface area contributed by atoms with Gasteiger partial charge in [-0.1, -0.05) is 11.6 Å². The van der Waals surface area contributed by atoms with Gasteiger partial charge >= 0.3 is 0 Å². The Morgan fingerprint density at radius 3 is 2.56 bits per heavy atom. The van der Waals surface area contributed by atoms with Crippen LogP contribution in [0.1, 0.15) is 12.0 Å². The van der Waals surface area contributed by atoms with Gasteiger partial charge in [0.2, 0.25) is 5.95 Å². The average Bonchev–Trinajstić information content (AvgIpc) is 3.07. The molecule has 1 aromatic heterocycles. The Morgan fingerprint density at radius 1 is 1.28 bits per heavy atom. The van der Waals surface area contributed by atoms with Crippen molar-refractivity contribution in [2.75, 3.05) is 50.5 Å². The molecule has 32 heavy (non-hydrogen) atoms. The van der Waals surface area contributed by atoms with Gasteiger partial charge in [0.1, 0.15) is 16.7 Å². The van der Waals surface area contributed by atoms with Gasteiger partial charge in [-0.25, -0.2) is 22.2 Å². The SMILES string of the molecule is CO[C@]1(CN(C)C)CCN(c2cc(F)c(S(=O)(=O)Nc3cc(C)cc(F)n3)c(F)c2Cl)C1. The minimum absolute atomic E-state index is 0.0259. The van der Waals surface area contributed by atoms with Crippen LogP contribution in [-0.4, -0.2) is 64.7 Å². The number of likely N-dealkylation sites (N-methyl/N-ethyl adjacent to an activating group) is 1. The van der Waals surface area contributed by atoms with Crippen molar-refractivity contribution in [1.82, 2.24) is 9.88 Å².